The summed E-state index contributed by atoms with van der Waals surface area (Å²) in [5, 5.41) is 0. The Labute approximate surface area is 129 Å². The van der Waals surface area contributed by atoms with E-state index in [1.807, 2.05) is 18.2 Å². The van der Waals surface area contributed by atoms with Crippen molar-refractivity contribution in [2.24, 2.45) is 0 Å². The van der Waals surface area contributed by atoms with Crippen LogP contribution in [-0.2, 0) is 6.42 Å². The van der Waals surface area contributed by atoms with Gasteiger partial charge in [-0.25, -0.2) is 0 Å². The molecule has 0 fully saturated rings. The van der Waals surface area contributed by atoms with Crippen LogP contribution in [0.1, 0.15) is 19.4 Å². The van der Waals surface area contributed by atoms with Gasteiger partial charge < -0.3 is 0 Å². The molecule has 2 unspecified atom stereocenters. The molecule has 1 aromatic carbocycles. The molecule has 0 spiro atoms. The summed E-state index contributed by atoms with van der Waals surface area (Å²) >= 11 is 9.01. The van der Waals surface area contributed by atoms with E-state index in [0.717, 1.165) is 24.0 Å². The maximum atomic E-state index is 6.68. The number of hydrogen-bond acceptors (Lipinski definition) is 0. The van der Waals surface area contributed by atoms with Crippen molar-refractivity contribution >= 4 is 34.2 Å². The molecule has 0 aliphatic heterocycles. The fourth-order valence-electron chi connectivity index (χ4n) is 2.22. The highest BCUT2D eigenvalue weighted by Gasteiger charge is 2.38. The molecular formula is C15H20ClIN+. The Hall–Kier alpha value is -0.240. The van der Waals surface area contributed by atoms with Crippen molar-refractivity contribution in [2.45, 2.75) is 29.8 Å². The molecule has 18 heavy (non-hydrogen) atoms. The predicted molar refractivity (Wildman–Crippen MR) is 87.8 cm³/mol. The first-order chi connectivity index (χ1) is 8.60. The van der Waals surface area contributed by atoms with E-state index >= 15 is 0 Å². The second-order valence-corrected chi connectivity index (χ2v) is 6.05. The number of alkyl halides is 2. The molecule has 2 atom stereocenters. The number of quaternary nitrogens is 1. The van der Waals surface area contributed by atoms with Crippen molar-refractivity contribution in [2.75, 3.05) is 13.1 Å². The molecule has 98 valence electrons. The second kappa shape index (κ2) is 7.37. The summed E-state index contributed by atoms with van der Waals surface area (Å²) in [6.45, 7) is 6.23. The smallest absolute Gasteiger partial charge is 0.201 e. The zero-order chi connectivity index (χ0) is 13.6. The number of hydrogen-bond donors (Lipinski definition) is 0. The first-order valence-electron chi connectivity index (χ1n) is 6.25. The van der Waals surface area contributed by atoms with Gasteiger partial charge in [-0.05, 0) is 25.3 Å². The van der Waals surface area contributed by atoms with Gasteiger partial charge in [-0.2, -0.15) is 0 Å². The minimum absolute atomic E-state index is 0.0142. The molecule has 1 rings (SSSR count). The maximum absolute atomic E-state index is 6.68. The van der Waals surface area contributed by atoms with Crippen molar-refractivity contribution in [3.8, 4) is 12.3 Å². The molecule has 0 radical (unpaired) electrons. The number of terminal acetylenes is 1. The summed E-state index contributed by atoms with van der Waals surface area (Å²) in [4.78, 5) is 0. The summed E-state index contributed by atoms with van der Waals surface area (Å²) < 4.78 is 0.872. The van der Waals surface area contributed by atoms with E-state index in [0.29, 0.717) is 0 Å². The van der Waals surface area contributed by atoms with E-state index < -0.39 is 0 Å². The zero-order valence-electron chi connectivity index (χ0n) is 10.9. The zero-order valence-corrected chi connectivity index (χ0v) is 13.9. The SMILES string of the molecule is C#CC(I)[N+](CC)(CC)C(Cl)Cc1ccccc1. The van der Waals surface area contributed by atoms with Gasteiger partial charge in [-0.15, -0.1) is 6.42 Å². The molecular weight excluding hydrogens is 357 g/mol. The van der Waals surface area contributed by atoms with Crippen LogP contribution in [0.3, 0.4) is 0 Å². The van der Waals surface area contributed by atoms with Gasteiger partial charge in [0.15, 0.2) is 5.50 Å². The van der Waals surface area contributed by atoms with Gasteiger partial charge in [0.2, 0.25) is 4.05 Å². The van der Waals surface area contributed by atoms with Gasteiger partial charge in [0.1, 0.15) is 0 Å². The Kier molecular flexibility index (Phi) is 6.48. The fraction of sp³-hybridized carbons (Fsp3) is 0.467. The Morgan fingerprint density at radius 2 is 1.83 bits per heavy atom. The average Bonchev–Trinajstić information content (AvgIpc) is 2.41. The minimum Gasteiger partial charge on any atom is -0.288 e. The highest BCUT2D eigenvalue weighted by Crippen LogP contribution is 2.28. The molecule has 0 saturated heterocycles. The molecule has 0 bridgehead atoms. The van der Waals surface area contributed by atoms with Crippen LogP contribution in [0.2, 0.25) is 0 Å². The summed E-state index contributed by atoms with van der Waals surface area (Å²) in [5.41, 5.74) is 1.28. The standard InChI is InChI=1S/C15H20ClIN/c1-4-15(17)18(5-2,6-3)14(16)12-13-10-8-7-9-11-13/h1,7-11,14-15H,5-6,12H2,2-3H3/q+1. The molecule has 0 heterocycles. The lowest BCUT2D eigenvalue weighted by atomic mass is 10.1. The first-order valence-corrected chi connectivity index (χ1v) is 7.93. The normalized spacial score (nSPS) is 14.8. The largest absolute Gasteiger partial charge is 0.288 e. The van der Waals surface area contributed by atoms with Crippen LogP contribution in [0, 0.1) is 12.3 Å². The molecule has 3 heteroatoms. The highest BCUT2D eigenvalue weighted by atomic mass is 127. The Morgan fingerprint density at radius 1 is 1.28 bits per heavy atom. The van der Waals surface area contributed by atoms with Gasteiger partial charge in [-0.1, -0.05) is 41.9 Å². The van der Waals surface area contributed by atoms with Crippen molar-refractivity contribution in [3.05, 3.63) is 35.9 Å². The van der Waals surface area contributed by atoms with E-state index in [2.05, 4.69) is 54.5 Å². The number of nitrogens with zero attached hydrogens (tertiary/aromatic N) is 1. The van der Waals surface area contributed by atoms with Crippen LogP contribution >= 0.6 is 34.2 Å². The molecule has 0 N–H and O–H groups in total. The molecule has 0 saturated carbocycles. The maximum Gasteiger partial charge on any atom is 0.201 e. The van der Waals surface area contributed by atoms with Crippen LogP contribution in [0.4, 0.5) is 0 Å². The van der Waals surface area contributed by atoms with E-state index in [9.17, 15) is 0 Å². The monoisotopic (exact) mass is 376 g/mol. The van der Waals surface area contributed by atoms with Crippen LogP contribution < -0.4 is 0 Å². The average molecular weight is 377 g/mol. The van der Waals surface area contributed by atoms with Crippen molar-refractivity contribution in [1.82, 2.24) is 0 Å². The lowest BCUT2D eigenvalue weighted by Gasteiger charge is -2.42. The van der Waals surface area contributed by atoms with Crippen molar-refractivity contribution in [3.63, 3.8) is 0 Å². The molecule has 0 aliphatic carbocycles. The van der Waals surface area contributed by atoms with Gasteiger partial charge >= 0.3 is 0 Å². The summed E-state index contributed by atoms with van der Waals surface area (Å²) in [6, 6.07) is 10.4. The quantitative estimate of drug-likeness (QED) is 0.231. The Morgan fingerprint density at radius 3 is 2.28 bits per heavy atom. The lowest BCUT2D eigenvalue weighted by Crippen LogP contribution is -2.57. The third kappa shape index (κ3) is 3.40. The minimum atomic E-state index is 0.0142. The van der Waals surface area contributed by atoms with Crippen molar-refractivity contribution in [1.29, 1.82) is 0 Å². The third-order valence-electron chi connectivity index (χ3n) is 3.57. The van der Waals surface area contributed by atoms with E-state index in [1.54, 1.807) is 0 Å². The Balaban J connectivity index is 2.91. The van der Waals surface area contributed by atoms with E-state index in [-0.39, 0.29) is 9.55 Å². The van der Waals surface area contributed by atoms with E-state index in [4.69, 9.17) is 18.0 Å². The number of halogens is 2. The van der Waals surface area contributed by atoms with Crippen LogP contribution in [0.5, 0.6) is 0 Å². The van der Waals surface area contributed by atoms with Crippen LogP contribution in [0.15, 0.2) is 30.3 Å². The molecule has 1 nitrogen and oxygen atoms in total. The third-order valence-corrected chi connectivity index (χ3v) is 5.58. The Bertz CT molecular complexity index is 395. The van der Waals surface area contributed by atoms with Gasteiger partial charge in [0, 0.05) is 29.0 Å². The first kappa shape index (κ1) is 15.8. The molecule has 1 aromatic rings. The predicted octanol–water partition coefficient (Wildman–Crippen LogP) is 4.04. The van der Waals surface area contributed by atoms with Gasteiger partial charge in [-0.3, -0.25) is 4.48 Å². The number of rotatable bonds is 6. The van der Waals surface area contributed by atoms with Crippen molar-refractivity contribution < 1.29 is 4.48 Å². The molecule has 0 aliphatic rings. The summed E-state index contributed by atoms with van der Waals surface area (Å²) in [7, 11) is 0. The van der Waals surface area contributed by atoms with Crippen LogP contribution in [-0.4, -0.2) is 27.1 Å². The van der Waals surface area contributed by atoms with Gasteiger partial charge in [0.25, 0.3) is 0 Å². The fourth-order valence-corrected chi connectivity index (χ4v) is 4.15. The highest BCUT2D eigenvalue weighted by molar-refractivity contribution is 14.1. The molecule has 0 amide bonds. The molecule has 0 aromatic heterocycles. The van der Waals surface area contributed by atoms with Gasteiger partial charge in [0.05, 0.1) is 13.1 Å². The van der Waals surface area contributed by atoms with Crippen LogP contribution in [0.25, 0.3) is 0 Å². The lowest BCUT2D eigenvalue weighted by molar-refractivity contribution is -0.934. The number of benzene rings is 1. The second-order valence-electron chi connectivity index (χ2n) is 4.36. The van der Waals surface area contributed by atoms with E-state index in [1.165, 1.54) is 5.56 Å². The topological polar surface area (TPSA) is 0 Å². The number of likely N-dealkylation sites (N-methyl/N-ethyl adjacent to an activating group) is 1. The summed E-state index contributed by atoms with van der Waals surface area (Å²) in [6.07, 6.45) is 6.46. The summed E-state index contributed by atoms with van der Waals surface area (Å²) in [5.74, 6) is 2.85.